The molecule has 2 aromatic rings. The Bertz CT molecular complexity index is 761. The third-order valence-corrected chi connectivity index (χ3v) is 3.94. The minimum atomic E-state index is -0.157. The molecule has 156 valence electrons. The lowest BCUT2D eigenvalue weighted by molar-refractivity contribution is -0.116. The molecule has 29 heavy (non-hydrogen) atoms. The van der Waals surface area contributed by atoms with Gasteiger partial charge in [0, 0.05) is 30.1 Å². The van der Waals surface area contributed by atoms with Crippen LogP contribution in [0.2, 0.25) is 0 Å². The van der Waals surface area contributed by atoms with E-state index in [0.717, 1.165) is 23.5 Å². The van der Waals surface area contributed by atoms with E-state index in [2.05, 4.69) is 16.0 Å². The number of benzene rings is 2. The van der Waals surface area contributed by atoms with E-state index in [0.29, 0.717) is 31.9 Å². The Balaban J connectivity index is 1.73. The number of hydrogen-bond donors (Lipinski definition) is 3. The number of anilines is 3. The summed E-state index contributed by atoms with van der Waals surface area (Å²) in [5.74, 6) is 0.570. The van der Waals surface area contributed by atoms with Gasteiger partial charge in [-0.25, -0.2) is 0 Å². The molecule has 0 bridgehead atoms. The van der Waals surface area contributed by atoms with Crippen LogP contribution in [0.4, 0.5) is 17.1 Å². The van der Waals surface area contributed by atoms with Crippen LogP contribution in [0.1, 0.15) is 26.7 Å². The summed E-state index contributed by atoms with van der Waals surface area (Å²) in [7, 11) is 0. The molecule has 7 nitrogen and oxygen atoms in total. The lowest BCUT2D eigenvalue weighted by Gasteiger charge is -2.10. The van der Waals surface area contributed by atoms with Crippen LogP contribution in [0.3, 0.4) is 0 Å². The molecular weight excluding hydrogens is 370 g/mol. The van der Waals surface area contributed by atoms with Crippen molar-refractivity contribution in [3.63, 3.8) is 0 Å². The summed E-state index contributed by atoms with van der Waals surface area (Å²) in [5.41, 5.74) is 2.23. The number of nitrogens with one attached hydrogen (secondary N) is 3. The number of carbonyl (C=O) groups excluding carboxylic acids is 2. The average molecular weight is 399 g/mol. The second kappa shape index (κ2) is 12.4. The summed E-state index contributed by atoms with van der Waals surface area (Å²) in [5, 5.41) is 8.71. The van der Waals surface area contributed by atoms with Gasteiger partial charge in [0.15, 0.2) is 0 Å². The highest BCUT2D eigenvalue weighted by molar-refractivity contribution is 5.94. The van der Waals surface area contributed by atoms with Crippen LogP contribution in [0.15, 0.2) is 48.5 Å². The van der Waals surface area contributed by atoms with Gasteiger partial charge in [0.05, 0.1) is 13.2 Å². The molecular formula is C22H29N3O4. The number of hydrogen-bond acceptors (Lipinski definition) is 5. The van der Waals surface area contributed by atoms with Crippen LogP contribution >= 0.6 is 0 Å². The molecule has 3 N–H and O–H groups in total. The minimum Gasteiger partial charge on any atom is -0.491 e. The first-order valence-electron chi connectivity index (χ1n) is 9.85. The standard InChI is InChI=1S/C22H29N3O4/c1-3-5-21(26)24-18-8-6-17(7-9-18)23-16-22(27)25-19-10-12-20(13-11-19)29-15-14-28-4-2/h6-13,23H,3-5,14-16H2,1-2H3,(H,24,26)(H,25,27). The third-order valence-electron chi connectivity index (χ3n) is 3.94. The number of carbonyl (C=O) groups is 2. The normalized spacial score (nSPS) is 10.3. The summed E-state index contributed by atoms with van der Waals surface area (Å²) < 4.78 is 10.8. The Labute approximate surface area is 171 Å². The van der Waals surface area contributed by atoms with Crippen LogP contribution < -0.4 is 20.7 Å². The predicted octanol–water partition coefficient (Wildman–Crippen LogP) is 3.89. The Hall–Kier alpha value is -3.06. The molecule has 0 unspecified atom stereocenters. The van der Waals surface area contributed by atoms with Gasteiger partial charge in [-0.15, -0.1) is 0 Å². The maximum Gasteiger partial charge on any atom is 0.243 e. The maximum absolute atomic E-state index is 12.1. The van der Waals surface area contributed by atoms with Gasteiger partial charge in [0.2, 0.25) is 11.8 Å². The zero-order chi connectivity index (χ0) is 20.9. The van der Waals surface area contributed by atoms with Crippen LogP contribution in [0, 0.1) is 0 Å². The first-order valence-corrected chi connectivity index (χ1v) is 9.85. The van der Waals surface area contributed by atoms with E-state index in [4.69, 9.17) is 9.47 Å². The third kappa shape index (κ3) is 8.66. The molecule has 0 heterocycles. The number of rotatable bonds is 12. The van der Waals surface area contributed by atoms with E-state index in [1.807, 2.05) is 26.0 Å². The first-order chi connectivity index (χ1) is 14.1. The van der Waals surface area contributed by atoms with Gasteiger partial charge < -0.3 is 25.4 Å². The van der Waals surface area contributed by atoms with Crippen molar-refractivity contribution in [2.75, 3.05) is 42.3 Å². The van der Waals surface area contributed by atoms with E-state index < -0.39 is 0 Å². The van der Waals surface area contributed by atoms with E-state index in [-0.39, 0.29) is 18.4 Å². The molecule has 0 spiro atoms. The Morgan fingerprint density at radius 2 is 1.38 bits per heavy atom. The molecule has 0 aliphatic heterocycles. The molecule has 2 amide bonds. The van der Waals surface area contributed by atoms with Crippen molar-refractivity contribution in [2.24, 2.45) is 0 Å². The maximum atomic E-state index is 12.1. The van der Waals surface area contributed by atoms with Crippen molar-refractivity contribution in [1.82, 2.24) is 0 Å². The summed E-state index contributed by atoms with van der Waals surface area (Å²) in [4.78, 5) is 23.7. The number of ether oxygens (including phenoxy) is 2. The lowest BCUT2D eigenvalue weighted by Crippen LogP contribution is -2.21. The molecule has 0 saturated carbocycles. The Morgan fingerprint density at radius 3 is 2.00 bits per heavy atom. The molecule has 0 aliphatic carbocycles. The average Bonchev–Trinajstić information content (AvgIpc) is 2.72. The first kappa shape index (κ1) is 22.2. The molecule has 0 aliphatic rings. The molecule has 0 atom stereocenters. The summed E-state index contributed by atoms with van der Waals surface area (Å²) in [6.07, 6.45) is 1.31. The lowest BCUT2D eigenvalue weighted by atomic mass is 10.2. The summed E-state index contributed by atoms with van der Waals surface area (Å²) >= 11 is 0. The molecule has 0 saturated heterocycles. The summed E-state index contributed by atoms with van der Waals surface area (Å²) in [6.45, 7) is 5.74. The van der Waals surface area contributed by atoms with Crippen LogP contribution in [-0.4, -0.2) is 38.2 Å². The molecule has 2 aromatic carbocycles. The Morgan fingerprint density at radius 1 is 0.793 bits per heavy atom. The van der Waals surface area contributed by atoms with E-state index >= 15 is 0 Å². The SMILES string of the molecule is CCCC(=O)Nc1ccc(NCC(=O)Nc2ccc(OCCOCC)cc2)cc1. The highest BCUT2D eigenvalue weighted by Crippen LogP contribution is 2.16. The zero-order valence-corrected chi connectivity index (χ0v) is 17.0. The summed E-state index contributed by atoms with van der Waals surface area (Å²) in [6, 6.07) is 14.5. The molecule has 0 aromatic heterocycles. The highest BCUT2D eigenvalue weighted by Gasteiger charge is 2.04. The van der Waals surface area contributed by atoms with Crippen molar-refractivity contribution in [3.8, 4) is 5.75 Å². The van der Waals surface area contributed by atoms with Gasteiger partial charge in [-0.2, -0.15) is 0 Å². The van der Waals surface area contributed by atoms with Gasteiger partial charge in [0.25, 0.3) is 0 Å². The van der Waals surface area contributed by atoms with Gasteiger partial charge in [-0.1, -0.05) is 6.92 Å². The van der Waals surface area contributed by atoms with Crippen molar-refractivity contribution >= 4 is 28.9 Å². The van der Waals surface area contributed by atoms with E-state index in [1.54, 1.807) is 36.4 Å². The fourth-order valence-electron chi connectivity index (χ4n) is 2.51. The van der Waals surface area contributed by atoms with E-state index in [1.165, 1.54) is 0 Å². The highest BCUT2D eigenvalue weighted by atomic mass is 16.5. The molecule has 7 heteroatoms. The largest absolute Gasteiger partial charge is 0.491 e. The molecule has 0 radical (unpaired) electrons. The van der Waals surface area contributed by atoms with Gasteiger partial charge in [-0.3, -0.25) is 9.59 Å². The molecule has 0 fully saturated rings. The van der Waals surface area contributed by atoms with Crippen molar-refractivity contribution in [3.05, 3.63) is 48.5 Å². The zero-order valence-electron chi connectivity index (χ0n) is 17.0. The smallest absolute Gasteiger partial charge is 0.243 e. The second-order valence-corrected chi connectivity index (χ2v) is 6.35. The fourth-order valence-corrected chi connectivity index (χ4v) is 2.51. The Kier molecular flexibility index (Phi) is 9.51. The van der Waals surface area contributed by atoms with Crippen LogP contribution in [0.25, 0.3) is 0 Å². The predicted molar refractivity (Wildman–Crippen MR) is 116 cm³/mol. The van der Waals surface area contributed by atoms with E-state index in [9.17, 15) is 9.59 Å². The second-order valence-electron chi connectivity index (χ2n) is 6.35. The van der Waals surface area contributed by atoms with Crippen LogP contribution in [-0.2, 0) is 14.3 Å². The topological polar surface area (TPSA) is 88.7 Å². The molecule has 2 rings (SSSR count). The van der Waals surface area contributed by atoms with Crippen LogP contribution in [0.5, 0.6) is 5.75 Å². The van der Waals surface area contributed by atoms with Crippen molar-refractivity contribution in [2.45, 2.75) is 26.7 Å². The van der Waals surface area contributed by atoms with Gasteiger partial charge in [0.1, 0.15) is 12.4 Å². The van der Waals surface area contributed by atoms with Gasteiger partial charge >= 0.3 is 0 Å². The van der Waals surface area contributed by atoms with Gasteiger partial charge in [-0.05, 0) is 61.9 Å². The van der Waals surface area contributed by atoms with Crippen molar-refractivity contribution < 1.29 is 19.1 Å². The monoisotopic (exact) mass is 399 g/mol. The fraction of sp³-hybridized carbons (Fsp3) is 0.364. The number of amides is 2. The van der Waals surface area contributed by atoms with Crippen molar-refractivity contribution in [1.29, 1.82) is 0 Å². The quantitative estimate of drug-likeness (QED) is 0.471. The minimum absolute atomic E-state index is 0.00158.